The lowest BCUT2D eigenvalue weighted by Crippen LogP contribution is -2.46. The highest BCUT2D eigenvalue weighted by atomic mass is 15.2. The van der Waals surface area contributed by atoms with Gasteiger partial charge in [-0.2, -0.15) is 0 Å². The third-order valence-corrected chi connectivity index (χ3v) is 3.03. The molecule has 0 radical (unpaired) electrons. The molecule has 1 aromatic carbocycles. The topological polar surface area (TPSA) is 29.3 Å². The summed E-state index contributed by atoms with van der Waals surface area (Å²) < 4.78 is 0. The standard InChI is InChI=1S/C12H18N2/c1-9-7-14(8-9)10(2)11-4-3-5-12(13)6-11/h3-6,9-10H,7-8,13H2,1-2H3. The zero-order valence-electron chi connectivity index (χ0n) is 8.90. The van der Waals surface area contributed by atoms with Crippen molar-refractivity contribution in [2.45, 2.75) is 19.9 Å². The number of nitrogen functional groups attached to an aromatic ring is 1. The van der Waals surface area contributed by atoms with E-state index in [9.17, 15) is 0 Å². The van der Waals surface area contributed by atoms with Gasteiger partial charge in [0.15, 0.2) is 0 Å². The Morgan fingerprint density at radius 1 is 1.43 bits per heavy atom. The highest BCUT2D eigenvalue weighted by Crippen LogP contribution is 2.28. The second-order valence-electron chi connectivity index (χ2n) is 4.41. The van der Waals surface area contributed by atoms with Crippen LogP contribution < -0.4 is 5.73 Å². The number of nitrogens with zero attached hydrogens (tertiary/aromatic N) is 1. The van der Waals surface area contributed by atoms with Crippen LogP contribution in [0.1, 0.15) is 25.5 Å². The van der Waals surface area contributed by atoms with Crippen LogP contribution in [0.15, 0.2) is 24.3 Å². The maximum Gasteiger partial charge on any atom is 0.0320 e. The molecule has 1 aliphatic heterocycles. The predicted molar refractivity (Wildman–Crippen MR) is 60.0 cm³/mol. The van der Waals surface area contributed by atoms with Crippen molar-refractivity contribution in [1.29, 1.82) is 0 Å². The van der Waals surface area contributed by atoms with Crippen molar-refractivity contribution in [3.8, 4) is 0 Å². The van der Waals surface area contributed by atoms with Gasteiger partial charge >= 0.3 is 0 Å². The van der Waals surface area contributed by atoms with Gasteiger partial charge in [-0.15, -0.1) is 0 Å². The molecule has 0 amide bonds. The molecule has 0 saturated carbocycles. The molecule has 1 heterocycles. The van der Waals surface area contributed by atoms with Crippen LogP contribution in [0, 0.1) is 5.92 Å². The average molecular weight is 190 g/mol. The maximum atomic E-state index is 5.76. The lowest BCUT2D eigenvalue weighted by molar-refractivity contribution is 0.0703. The van der Waals surface area contributed by atoms with E-state index in [-0.39, 0.29) is 0 Å². The van der Waals surface area contributed by atoms with Crippen molar-refractivity contribution in [3.63, 3.8) is 0 Å². The summed E-state index contributed by atoms with van der Waals surface area (Å²) in [4.78, 5) is 2.49. The van der Waals surface area contributed by atoms with Crippen molar-refractivity contribution < 1.29 is 0 Å². The zero-order valence-corrected chi connectivity index (χ0v) is 8.90. The maximum absolute atomic E-state index is 5.76. The average Bonchev–Trinajstić information content (AvgIpc) is 2.12. The molecule has 2 nitrogen and oxygen atoms in total. The van der Waals surface area contributed by atoms with E-state index < -0.39 is 0 Å². The number of likely N-dealkylation sites (tertiary alicyclic amines) is 1. The van der Waals surface area contributed by atoms with E-state index in [0.717, 1.165) is 11.6 Å². The van der Waals surface area contributed by atoms with Crippen LogP contribution >= 0.6 is 0 Å². The van der Waals surface area contributed by atoms with Crippen molar-refractivity contribution in [3.05, 3.63) is 29.8 Å². The summed E-state index contributed by atoms with van der Waals surface area (Å²) in [7, 11) is 0. The highest BCUT2D eigenvalue weighted by molar-refractivity contribution is 5.41. The Labute approximate surface area is 85.7 Å². The molecule has 1 fully saturated rings. The van der Waals surface area contributed by atoms with Crippen LogP contribution in [0.3, 0.4) is 0 Å². The van der Waals surface area contributed by atoms with Crippen molar-refractivity contribution in [2.75, 3.05) is 18.8 Å². The van der Waals surface area contributed by atoms with Gasteiger partial charge in [-0.05, 0) is 30.5 Å². The molecule has 2 rings (SSSR count). The first kappa shape index (κ1) is 9.53. The second-order valence-corrected chi connectivity index (χ2v) is 4.41. The van der Waals surface area contributed by atoms with Gasteiger partial charge < -0.3 is 5.73 Å². The molecular weight excluding hydrogens is 172 g/mol. The van der Waals surface area contributed by atoms with Crippen LogP contribution in [0.2, 0.25) is 0 Å². The minimum absolute atomic E-state index is 0.509. The van der Waals surface area contributed by atoms with Gasteiger partial charge in [0.25, 0.3) is 0 Å². The first-order chi connectivity index (χ1) is 6.66. The fourth-order valence-corrected chi connectivity index (χ4v) is 2.09. The molecule has 1 saturated heterocycles. The van der Waals surface area contributed by atoms with Crippen LogP contribution in [0.4, 0.5) is 5.69 Å². The van der Waals surface area contributed by atoms with Crippen LogP contribution in [-0.4, -0.2) is 18.0 Å². The van der Waals surface area contributed by atoms with Crippen LogP contribution in [0.25, 0.3) is 0 Å². The van der Waals surface area contributed by atoms with E-state index >= 15 is 0 Å². The molecule has 0 aliphatic carbocycles. The molecule has 2 N–H and O–H groups in total. The van der Waals surface area contributed by atoms with Crippen molar-refractivity contribution in [1.82, 2.24) is 4.90 Å². The number of hydrogen-bond donors (Lipinski definition) is 1. The molecule has 0 spiro atoms. The number of anilines is 1. The molecule has 0 aromatic heterocycles. The Kier molecular flexibility index (Phi) is 2.46. The molecule has 1 unspecified atom stereocenters. The lowest BCUT2D eigenvalue weighted by atomic mass is 9.97. The Morgan fingerprint density at radius 3 is 2.71 bits per heavy atom. The van der Waals surface area contributed by atoms with Gasteiger partial charge in [-0.25, -0.2) is 0 Å². The highest BCUT2D eigenvalue weighted by Gasteiger charge is 2.27. The first-order valence-corrected chi connectivity index (χ1v) is 5.26. The van der Waals surface area contributed by atoms with Crippen molar-refractivity contribution in [2.24, 2.45) is 5.92 Å². The largest absolute Gasteiger partial charge is 0.399 e. The van der Waals surface area contributed by atoms with E-state index in [1.54, 1.807) is 0 Å². The first-order valence-electron chi connectivity index (χ1n) is 5.26. The van der Waals surface area contributed by atoms with E-state index in [1.807, 2.05) is 12.1 Å². The summed E-state index contributed by atoms with van der Waals surface area (Å²) in [5.74, 6) is 0.860. The van der Waals surface area contributed by atoms with Gasteiger partial charge in [-0.1, -0.05) is 19.1 Å². The van der Waals surface area contributed by atoms with Crippen LogP contribution in [0.5, 0.6) is 0 Å². The Hall–Kier alpha value is -1.02. The molecule has 0 bridgehead atoms. The van der Waals surface area contributed by atoms with Gasteiger partial charge in [0.2, 0.25) is 0 Å². The molecule has 1 aliphatic rings. The Morgan fingerprint density at radius 2 is 2.14 bits per heavy atom. The fraction of sp³-hybridized carbons (Fsp3) is 0.500. The van der Waals surface area contributed by atoms with E-state index in [4.69, 9.17) is 5.73 Å². The van der Waals surface area contributed by atoms with Gasteiger partial charge in [0, 0.05) is 24.8 Å². The third-order valence-electron chi connectivity index (χ3n) is 3.03. The lowest BCUT2D eigenvalue weighted by Gasteiger charge is -2.41. The summed E-state index contributed by atoms with van der Waals surface area (Å²) in [5, 5.41) is 0. The zero-order chi connectivity index (χ0) is 10.1. The van der Waals surface area contributed by atoms with Crippen molar-refractivity contribution >= 4 is 5.69 Å². The Balaban J connectivity index is 2.07. The third kappa shape index (κ3) is 1.75. The number of nitrogens with two attached hydrogens (primary N) is 1. The summed E-state index contributed by atoms with van der Waals surface area (Å²) in [5.41, 5.74) is 7.96. The second kappa shape index (κ2) is 3.62. The molecule has 14 heavy (non-hydrogen) atoms. The van der Waals surface area contributed by atoms with Gasteiger partial charge in [0.05, 0.1) is 0 Å². The smallest absolute Gasteiger partial charge is 0.0320 e. The molecule has 1 aromatic rings. The predicted octanol–water partition coefficient (Wildman–Crippen LogP) is 2.28. The molecular formula is C12H18N2. The summed E-state index contributed by atoms with van der Waals surface area (Å²) in [6.45, 7) is 6.98. The van der Waals surface area contributed by atoms with E-state index in [1.165, 1.54) is 18.7 Å². The Bertz CT molecular complexity index is 316. The summed E-state index contributed by atoms with van der Waals surface area (Å²) in [6.07, 6.45) is 0. The number of rotatable bonds is 2. The summed E-state index contributed by atoms with van der Waals surface area (Å²) >= 11 is 0. The quantitative estimate of drug-likeness (QED) is 0.725. The fourth-order valence-electron chi connectivity index (χ4n) is 2.09. The minimum Gasteiger partial charge on any atom is -0.399 e. The molecule has 2 heteroatoms. The van der Waals surface area contributed by atoms with Gasteiger partial charge in [0.1, 0.15) is 0 Å². The number of hydrogen-bond acceptors (Lipinski definition) is 2. The SMILES string of the molecule is CC1CN(C(C)c2cccc(N)c2)C1. The molecule has 1 atom stereocenters. The van der Waals surface area contributed by atoms with Crippen LogP contribution in [-0.2, 0) is 0 Å². The van der Waals surface area contributed by atoms with E-state index in [2.05, 4.69) is 30.9 Å². The van der Waals surface area contributed by atoms with Gasteiger partial charge in [-0.3, -0.25) is 4.90 Å². The minimum atomic E-state index is 0.509. The monoisotopic (exact) mass is 190 g/mol. The normalized spacial score (nSPS) is 20.4. The number of benzene rings is 1. The van der Waals surface area contributed by atoms with E-state index in [0.29, 0.717) is 6.04 Å². The summed E-state index contributed by atoms with van der Waals surface area (Å²) in [6, 6.07) is 8.71. The molecule has 76 valence electrons.